The smallest absolute Gasteiger partial charge is 0.324 e. The lowest BCUT2D eigenvalue weighted by Crippen LogP contribution is -2.56. The molecule has 0 atom stereocenters. The van der Waals surface area contributed by atoms with Crippen LogP contribution in [0.1, 0.15) is 24.8 Å². The molecule has 1 amide bonds. The van der Waals surface area contributed by atoms with Gasteiger partial charge in [0.2, 0.25) is 5.91 Å². The SMILES string of the molecule is NC1(C(=O)Nc2ccc(Cl)c(C(F)(F)F)c2)CCC1. The normalized spacial score (nSPS) is 17.7. The Morgan fingerprint density at radius 3 is 2.47 bits per heavy atom. The number of halogens is 4. The van der Waals surface area contributed by atoms with Gasteiger partial charge in [-0.25, -0.2) is 0 Å². The Morgan fingerprint density at radius 1 is 1.37 bits per heavy atom. The fraction of sp³-hybridized carbons (Fsp3) is 0.417. The third kappa shape index (κ3) is 2.84. The molecule has 19 heavy (non-hydrogen) atoms. The summed E-state index contributed by atoms with van der Waals surface area (Å²) < 4.78 is 38.0. The summed E-state index contributed by atoms with van der Waals surface area (Å²) in [5, 5.41) is 2.00. The first-order valence-corrected chi connectivity index (χ1v) is 6.07. The molecule has 1 aliphatic carbocycles. The third-order valence-electron chi connectivity index (χ3n) is 3.23. The third-order valence-corrected chi connectivity index (χ3v) is 3.56. The summed E-state index contributed by atoms with van der Waals surface area (Å²) in [5.74, 6) is -0.464. The Kier molecular flexibility index (Phi) is 3.49. The molecule has 0 spiro atoms. The number of alkyl halides is 3. The van der Waals surface area contributed by atoms with Crippen molar-refractivity contribution >= 4 is 23.2 Å². The average Bonchev–Trinajstić information content (AvgIpc) is 2.27. The molecular formula is C12H12ClF3N2O. The van der Waals surface area contributed by atoms with Gasteiger partial charge >= 0.3 is 6.18 Å². The van der Waals surface area contributed by atoms with Crippen LogP contribution >= 0.6 is 11.6 Å². The van der Waals surface area contributed by atoms with E-state index in [1.54, 1.807) is 0 Å². The van der Waals surface area contributed by atoms with Crippen LogP contribution in [0, 0.1) is 0 Å². The van der Waals surface area contributed by atoms with Crippen molar-refractivity contribution < 1.29 is 18.0 Å². The predicted molar refractivity (Wildman–Crippen MR) is 65.9 cm³/mol. The van der Waals surface area contributed by atoms with Gasteiger partial charge in [0.05, 0.1) is 16.1 Å². The second-order valence-corrected chi connectivity index (χ2v) is 5.06. The maximum Gasteiger partial charge on any atom is 0.417 e. The molecule has 0 heterocycles. The zero-order valence-corrected chi connectivity index (χ0v) is 10.6. The minimum absolute atomic E-state index is 0.0402. The number of amides is 1. The van der Waals surface area contributed by atoms with E-state index in [1.807, 2.05) is 0 Å². The molecule has 0 bridgehead atoms. The fourth-order valence-corrected chi connectivity index (χ4v) is 2.09. The van der Waals surface area contributed by atoms with E-state index in [0.29, 0.717) is 12.8 Å². The number of anilines is 1. The van der Waals surface area contributed by atoms with Gasteiger partial charge in [-0.05, 0) is 37.5 Å². The number of carbonyl (C=O) groups excluding carboxylic acids is 1. The fourth-order valence-electron chi connectivity index (χ4n) is 1.86. The van der Waals surface area contributed by atoms with Gasteiger partial charge in [0.25, 0.3) is 0 Å². The van der Waals surface area contributed by atoms with Crippen molar-refractivity contribution in [2.45, 2.75) is 31.0 Å². The summed E-state index contributed by atoms with van der Waals surface area (Å²) >= 11 is 5.49. The lowest BCUT2D eigenvalue weighted by atomic mass is 9.77. The van der Waals surface area contributed by atoms with Crippen molar-refractivity contribution in [3.63, 3.8) is 0 Å². The van der Waals surface area contributed by atoms with E-state index in [1.165, 1.54) is 6.07 Å². The molecule has 1 fully saturated rings. The Morgan fingerprint density at radius 2 is 2.00 bits per heavy atom. The van der Waals surface area contributed by atoms with Gasteiger partial charge in [-0.3, -0.25) is 4.79 Å². The zero-order valence-electron chi connectivity index (χ0n) is 9.85. The van der Waals surface area contributed by atoms with Crippen LogP contribution in [0.3, 0.4) is 0 Å². The Labute approximate surface area is 112 Å². The van der Waals surface area contributed by atoms with Gasteiger partial charge in [0.15, 0.2) is 0 Å². The summed E-state index contributed by atoms with van der Waals surface area (Å²) in [6.07, 6.45) is -2.63. The second kappa shape index (κ2) is 4.68. The number of nitrogens with one attached hydrogen (secondary N) is 1. The number of carbonyl (C=O) groups is 1. The molecule has 0 aliphatic heterocycles. The highest BCUT2D eigenvalue weighted by Crippen LogP contribution is 2.37. The van der Waals surface area contributed by atoms with Crippen molar-refractivity contribution in [1.29, 1.82) is 0 Å². The topological polar surface area (TPSA) is 55.1 Å². The van der Waals surface area contributed by atoms with Crippen molar-refractivity contribution in [1.82, 2.24) is 0 Å². The monoisotopic (exact) mass is 292 g/mol. The average molecular weight is 293 g/mol. The number of benzene rings is 1. The van der Waals surface area contributed by atoms with Gasteiger partial charge in [-0.15, -0.1) is 0 Å². The van der Waals surface area contributed by atoms with Crippen LogP contribution in [0.4, 0.5) is 18.9 Å². The molecule has 3 N–H and O–H groups in total. The molecule has 0 saturated heterocycles. The van der Waals surface area contributed by atoms with Gasteiger partial charge in [-0.1, -0.05) is 11.6 Å². The van der Waals surface area contributed by atoms with E-state index in [0.717, 1.165) is 18.6 Å². The molecule has 2 rings (SSSR count). The molecule has 3 nitrogen and oxygen atoms in total. The molecular weight excluding hydrogens is 281 g/mol. The Balaban J connectivity index is 2.20. The number of hydrogen-bond donors (Lipinski definition) is 2. The minimum Gasteiger partial charge on any atom is -0.324 e. The predicted octanol–water partition coefficient (Wildman–Crippen LogP) is 3.18. The highest BCUT2D eigenvalue weighted by Gasteiger charge is 2.40. The molecule has 1 aromatic rings. The molecule has 1 saturated carbocycles. The quantitative estimate of drug-likeness (QED) is 0.879. The van der Waals surface area contributed by atoms with Gasteiger partial charge in [0.1, 0.15) is 0 Å². The van der Waals surface area contributed by atoms with E-state index in [9.17, 15) is 18.0 Å². The van der Waals surface area contributed by atoms with Crippen LogP contribution in [0.15, 0.2) is 18.2 Å². The Bertz CT molecular complexity index is 512. The van der Waals surface area contributed by atoms with Crippen molar-refractivity contribution in [2.24, 2.45) is 5.73 Å². The van der Waals surface area contributed by atoms with Crippen LogP contribution in [0.25, 0.3) is 0 Å². The van der Waals surface area contributed by atoms with Crippen LogP contribution < -0.4 is 11.1 Å². The van der Waals surface area contributed by atoms with E-state index < -0.39 is 28.2 Å². The van der Waals surface area contributed by atoms with Crippen molar-refractivity contribution in [2.75, 3.05) is 5.32 Å². The maximum atomic E-state index is 12.7. The summed E-state index contributed by atoms with van der Waals surface area (Å²) in [6.45, 7) is 0. The van der Waals surface area contributed by atoms with Crippen molar-refractivity contribution in [3.05, 3.63) is 28.8 Å². The molecule has 0 radical (unpaired) electrons. The molecule has 0 aromatic heterocycles. The summed E-state index contributed by atoms with van der Waals surface area (Å²) in [5.41, 5.74) is 3.89. The number of hydrogen-bond acceptors (Lipinski definition) is 2. The standard InChI is InChI=1S/C12H12ClF3N2O/c13-9-3-2-7(6-8(9)12(14,15)16)18-10(19)11(17)4-1-5-11/h2-3,6H,1,4-5,17H2,(H,18,19). The lowest BCUT2D eigenvalue weighted by molar-refractivity contribution is -0.137. The highest BCUT2D eigenvalue weighted by molar-refractivity contribution is 6.31. The minimum atomic E-state index is -4.56. The summed E-state index contributed by atoms with van der Waals surface area (Å²) in [7, 11) is 0. The molecule has 7 heteroatoms. The summed E-state index contributed by atoms with van der Waals surface area (Å²) in [4.78, 5) is 11.8. The van der Waals surface area contributed by atoms with E-state index in [-0.39, 0.29) is 5.69 Å². The van der Waals surface area contributed by atoms with Crippen LogP contribution in [-0.2, 0) is 11.0 Å². The summed E-state index contributed by atoms with van der Waals surface area (Å²) in [6, 6.07) is 3.23. The van der Waals surface area contributed by atoms with Crippen LogP contribution in [0.5, 0.6) is 0 Å². The highest BCUT2D eigenvalue weighted by atomic mass is 35.5. The maximum absolute atomic E-state index is 12.7. The lowest BCUT2D eigenvalue weighted by Gasteiger charge is -2.36. The zero-order chi connectivity index (χ0) is 14.3. The molecule has 1 aromatic carbocycles. The largest absolute Gasteiger partial charge is 0.417 e. The first kappa shape index (κ1) is 14.1. The molecule has 0 unspecified atom stereocenters. The first-order valence-electron chi connectivity index (χ1n) is 5.69. The number of rotatable bonds is 2. The van der Waals surface area contributed by atoms with Crippen LogP contribution in [0.2, 0.25) is 5.02 Å². The second-order valence-electron chi connectivity index (χ2n) is 4.66. The molecule has 1 aliphatic rings. The van der Waals surface area contributed by atoms with Gasteiger partial charge < -0.3 is 11.1 Å². The molecule has 104 valence electrons. The first-order chi connectivity index (χ1) is 8.72. The van der Waals surface area contributed by atoms with Gasteiger partial charge in [-0.2, -0.15) is 13.2 Å². The van der Waals surface area contributed by atoms with Crippen molar-refractivity contribution in [3.8, 4) is 0 Å². The Hall–Kier alpha value is -1.27. The van der Waals surface area contributed by atoms with Crippen LogP contribution in [-0.4, -0.2) is 11.4 Å². The number of nitrogens with two attached hydrogens (primary N) is 1. The van der Waals surface area contributed by atoms with E-state index in [4.69, 9.17) is 17.3 Å². The van der Waals surface area contributed by atoms with E-state index >= 15 is 0 Å². The van der Waals surface area contributed by atoms with E-state index in [2.05, 4.69) is 5.32 Å². The van der Waals surface area contributed by atoms with Gasteiger partial charge in [0, 0.05) is 5.69 Å².